The van der Waals surface area contributed by atoms with Crippen molar-refractivity contribution < 1.29 is 9.90 Å². The highest BCUT2D eigenvalue weighted by Gasteiger charge is 2.33. The summed E-state index contributed by atoms with van der Waals surface area (Å²) in [6.45, 7) is 9.86. The van der Waals surface area contributed by atoms with Crippen LogP contribution in [0.2, 0.25) is 0 Å². The summed E-state index contributed by atoms with van der Waals surface area (Å²) in [5.41, 5.74) is 3.07. The van der Waals surface area contributed by atoms with Crippen LogP contribution in [-0.2, 0) is 6.54 Å². The van der Waals surface area contributed by atoms with Crippen LogP contribution < -0.4 is 4.90 Å². The first kappa shape index (κ1) is 26.2. The summed E-state index contributed by atoms with van der Waals surface area (Å²) in [6, 6.07) is 12.7. The topological polar surface area (TPSA) is 90.3 Å². The Labute approximate surface area is 224 Å². The number of H-pyrrole nitrogens is 1. The van der Waals surface area contributed by atoms with Gasteiger partial charge in [0.1, 0.15) is 5.65 Å². The number of benzene rings is 1. The van der Waals surface area contributed by atoms with E-state index < -0.39 is 6.09 Å². The van der Waals surface area contributed by atoms with Crippen LogP contribution in [0.4, 0.5) is 10.6 Å². The third-order valence-electron chi connectivity index (χ3n) is 8.27. The fourth-order valence-electron chi connectivity index (χ4n) is 5.90. The first-order valence-corrected chi connectivity index (χ1v) is 14.1. The lowest BCUT2D eigenvalue weighted by Crippen LogP contribution is -2.41. The average Bonchev–Trinajstić information content (AvgIpc) is 3.55. The maximum atomic E-state index is 12.6. The zero-order chi connectivity index (χ0) is 26.6. The Bertz CT molecular complexity index is 1360. The molecule has 8 heteroatoms. The number of rotatable bonds is 10. The third-order valence-corrected chi connectivity index (χ3v) is 8.27. The highest BCUT2D eigenvalue weighted by molar-refractivity contribution is 6.09. The smallest absolute Gasteiger partial charge is 0.413 e. The molecule has 3 atom stereocenters. The predicted octanol–water partition coefficient (Wildman–Crippen LogP) is 6.70. The van der Waals surface area contributed by atoms with Gasteiger partial charge >= 0.3 is 6.09 Å². The quantitative estimate of drug-likeness (QED) is 0.245. The summed E-state index contributed by atoms with van der Waals surface area (Å²) < 4.78 is 2.12. The molecule has 4 aromatic rings. The number of unbranched alkanes of at least 4 members (excludes halogenated alkanes) is 1. The molecule has 0 aliphatic carbocycles. The number of amides is 1. The van der Waals surface area contributed by atoms with Gasteiger partial charge in [-0.25, -0.2) is 9.78 Å². The fourth-order valence-corrected chi connectivity index (χ4v) is 5.90. The number of piperidine rings is 1. The molecule has 1 amide bonds. The molecule has 1 aliphatic rings. The number of aromatic amines is 1. The van der Waals surface area contributed by atoms with Gasteiger partial charge in [-0.3, -0.25) is 14.5 Å². The summed E-state index contributed by atoms with van der Waals surface area (Å²) in [4.78, 5) is 24.5. The third kappa shape index (κ3) is 5.27. The molecule has 202 valence electrons. The maximum absolute atomic E-state index is 12.6. The molecule has 5 rings (SSSR count). The number of carboxylic acid groups (broad SMARTS) is 1. The SMILES string of the molecule is CCCC[C@@H](CC)CN(C(=O)O)c1nn([C@H]2CN(Cc3ccccc3)CC[C@@H]2C)c2c1cnc1[nH]ccc12. The average molecular weight is 517 g/mol. The molecule has 0 unspecified atom stereocenters. The Hall–Kier alpha value is -3.39. The first-order chi connectivity index (χ1) is 18.5. The van der Waals surface area contributed by atoms with E-state index in [2.05, 4.69) is 70.7 Å². The van der Waals surface area contributed by atoms with Gasteiger partial charge in [0.2, 0.25) is 0 Å². The van der Waals surface area contributed by atoms with Crippen LogP contribution in [0.25, 0.3) is 21.9 Å². The number of pyridine rings is 1. The van der Waals surface area contributed by atoms with Crippen LogP contribution in [0.1, 0.15) is 64.5 Å². The van der Waals surface area contributed by atoms with Crippen molar-refractivity contribution in [3.05, 3.63) is 54.4 Å². The Balaban J connectivity index is 1.56. The minimum Gasteiger partial charge on any atom is -0.465 e. The number of nitrogens with one attached hydrogen (secondary N) is 1. The van der Waals surface area contributed by atoms with Crippen LogP contribution in [0.15, 0.2) is 48.8 Å². The maximum Gasteiger partial charge on any atom is 0.413 e. The minimum absolute atomic E-state index is 0.127. The van der Waals surface area contributed by atoms with E-state index in [9.17, 15) is 9.90 Å². The van der Waals surface area contributed by atoms with Crippen molar-refractivity contribution in [3.8, 4) is 0 Å². The number of nitrogens with zero attached hydrogens (tertiary/aromatic N) is 5. The van der Waals surface area contributed by atoms with Crippen molar-refractivity contribution in [2.75, 3.05) is 24.5 Å². The second kappa shape index (κ2) is 11.6. The van der Waals surface area contributed by atoms with E-state index in [-0.39, 0.29) is 6.04 Å². The van der Waals surface area contributed by atoms with Crippen LogP contribution in [0, 0.1) is 11.8 Å². The Morgan fingerprint density at radius 3 is 2.76 bits per heavy atom. The van der Waals surface area contributed by atoms with E-state index in [4.69, 9.17) is 5.10 Å². The van der Waals surface area contributed by atoms with Crippen molar-refractivity contribution in [1.82, 2.24) is 24.6 Å². The molecule has 1 aromatic carbocycles. The van der Waals surface area contributed by atoms with E-state index in [1.807, 2.05) is 12.3 Å². The zero-order valence-electron chi connectivity index (χ0n) is 22.8. The second-order valence-electron chi connectivity index (χ2n) is 10.9. The lowest BCUT2D eigenvalue weighted by Gasteiger charge is -2.37. The molecule has 0 spiro atoms. The monoisotopic (exact) mass is 516 g/mol. The molecular weight excluding hydrogens is 476 g/mol. The molecule has 8 nitrogen and oxygen atoms in total. The van der Waals surface area contributed by atoms with Gasteiger partial charge in [-0.05, 0) is 42.9 Å². The number of anilines is 1. The summed E-state index contributed by atoms with van der Waals surface area (Å²) in [5, 5.41) is 17.2. The zero-order valence-corrected chi connectivity index (χ0v) is 22.8. The van der Waals surface area contributed by atoms with Gasteiger partial charge in [0.15, 0.2) is 5.82 Å². The van der Waals surface area contributed by atoms with E-state index in [0.717, 1.165) is 73.7 Å². The standard InChI is InChI=1S/C30H40N6O2/c1-4-6-10-22(5-2)19-35(30(37)38)29-25-17-32-28-24(13-15-31-28)27(25)36(33-29)26-20-34(16-14-21(26)3)18-23-11-8-7-9-12-23/h7-9,11-13,15,17,21-22,26H,4-6,10,14,16,18-20H2,1-3H3,(H,31,32)(H,37,38)/t21-,22+,26-/m0/s1. The van der Waals surface area contributed by atoms with Crippen molar-refractivity contribution in [2.45, 2.75) is 65.5 Å². The molecule has 38 heavy (non-hydrogen) atoms. The molecule has 0 saturated carbocycles. The second-order valence-corrected chi connectivity index (χ2v) is 10.9. The summed E-state index contributed by atoms with van der Waals surface area (Å²) in [6.07, 6.45) is 7.97. The van der Waals surface area contributed by atoms with Crippen molar-refractivity contribution in [1.29, 1.82) is 0 Å². The van der Waals surface area contributed by atoms with Crippen LogP contribution in [-0.4, -0.2) is 55.5 Å². The number of hydrogen-bond donors (Lipinski definition) is 2. The Kier molecular flexibility index (Phi) is 7.98. The number of aromatic nitrogens is 4. The molecule has 0 bridgehead atoms. The van der Waals surface area contributed by atoms with Crippen LogP contribution >= 0.6 is 0 Å². The summed E-state index contributed by atoms with van der Waals surface area (Å²) in [7, 11) is 0. The summed E-state index contributed by atoms with van der Waals surface area (Å²) >= 11 is 0. The minimum atomic E-state index is -0.955. The molecule has 0 radical (unpaired) electrons. The fraction of sp³-hybridized carbons (Fsp3) is 0.500. The summed E-state index contributed by atoms with van der Waals surface area (Å²) in [5.74, 6) is 1.21. The Morgan fingerprint density at radius 1 is 1.21 bits per heavy atom. The highest BCUT2D eigenvalue weighted by atomic mass is 16.4. The molecule has 4 heterocycles. The van der Waals surface area contributed by atoms with Gasteiger partial charge in [-0.15, -0.1) is 0 Å². The number of hydrogen-bond acceptors (Lipinski definition) is 4. The predicted molar refractivity (Wildman–Crippen MR) is 153 cm³/mol. The van der Waals surface area contributed by atoms with Crippen LogP contribution in [0.3, 0.4) is 0 Å². The van der Waals surface area contributed by atoms with E-state index in [1.54, 1.807) is 6.20 Å². The molecule has 1 saturated heterocycles. The van der Waals surface area contributed by atoms with Gasteiger partial charge in [0.05, 0.1) is 16.9 Å². The highest BCUT2D eigenvalue weighted by Crippen LogP contribution is 2.37. The van der Waals surface area contributed by atoms with Gasteiger partial charge in [-0.2, -0.15) is 5.10 Å². The van der Waals surface area contributed by atoms with Crippen molar-refractivity contribution in [2.24, 2.45) is 11.8 Å². The molecule has 1 aliphatic heterocycles. The van der Waals surface area contributed by atoms with Gasteiger partial charge in [-0.1, -0.05) is 70.4 Å². The lowest BCUT2D eigenvalue weighted by atomic mass is 9.93. The van der Waals surface area contributed by atoms with Crippen LogP contribution in [0.5, 0.6) is 0 Å². The van der Waals surface area contributed by atoms with Gasteiger partial charge < -0.3 is 10.1 Å². The van der Waals surface area contributed by atoms with E-state index in [1.165, 1.54) is 10.5 Å². The molecule has 3 aromatic heterocycles. The normalized spacial score (nSPS) is 19.2. The van der Waals surface area contributed by atoms with Gasteiger partial charge in [0.25, 0.3) is 0 Å². The van der Waals surface area contributed by atoms with E-state index in [0.29, 0.717) is 24.2 Å². The Morgan fingerprint density at radius 2 is 2.03 bits per heavy atom. The largest absolute Gasteiger partial charge is 0.465 e. The molecule has 2 N–H and O–H groups in total. The lowest BCUT2D eigenvalue weighted by molar-refractivity contribution is 0.122. The number of likely N-dealkylation sites (tertiary alicyclic amines) is 1. The van der Waals surface area contributed by atoms with Gasteiger partial charge in [0, 0.05) is 37.4 Å². The van der Waals surface area contributed by atoms with E-state index >= 15 is 0 Å². The molecular formula is C30H40N6O2. The molecule has 1 fully saturated rings. The van der Waals surface area contributed by atoms with Crippen molar-refractivity contribution >= 4 is 33.8 Å². The first-order valence-electron chi connectivity index (χ1n) is 14.1. The number of fused-ring (bicyclic) bond motifs is 3. The number of carbonyl (C=O) groups is 1. The van der Waals surface area contributed by atoms with Crippen molar-refractivity contribution in [3.63, 3.8) is 0 Å².